The summed E-state index contributed by atoms with van der Waals surface area (Å²) in [4.78, 5) is 14.7. The number of hydrazone groups is 1. The number of anilines is 1. The van der Waals surface area contributed by atoms with Crippen molar-refractivity contribution < 1.29 is 0 Å². The van der Waals surface area contributed by atoms with Gasteiger partial charge in [-0.1, -0.05) is 60.7 Å². The van der Waals surface area contributed by atoms with Crippen molar-refractivity contribution in [1.82, 2.24) is 15.2 Å². The van der Waals surface area contributed by atoms with Crippen LogP contribution < -0.4 is 11.0 Å². The molecule has 0 aliphatic heterocycles. The van der Waals surface area contributed by atoms with Crippen molar-refractivity contribution >= 4 is 34.2 Å². The molecule has 7 heteroatoms. The van der Waals surface area contributed by atoms with Crippen LogP contribution in [0.2, 0.25) is 0 Å². The zero-order chi connectivity index (χ0) is 18.2. The van der Waals surface area contributed by atoms with Crippen LogP contribution in [0.4, 0.5) is 5.95 Å². The summed E-state index contributed by atoms with van der Waals surface area (Å²) in [5.74, 6) is 0.183. The molecular formula is C19H16BrN5O. The fourth-order valence-corrected chi connectivity index (χ4v) is 2.58. The van der Waals surface area contributed by atoms with Gasteiger partial charge in [0.1, 0.15) is 5.69 Å². The first kappa shape index (κ1) is 17.8. The largest absolute Gasteiger partial charge is 0.288 e. The quantitative estimate of drug-likeness (QED) is 0.481. The van der Waals surface area contributed by atoms with Crippen LogP contribution in [0.5, 0.6) is 0 Å². The second kappa shape index (κ2) is 8.87. The maximum atomic E-state index is 12.1. The summed E-state index contributed by atoms with van der Waals surface area (Å²) in [6.07, 6.45) is 3.92. The van der Waals surface area contributed by atoms with Gasteiger partial charge in [-0.15, -0.1) is 10.2 Å². The van der Waals surface area contributed by atoms with Crippen LogP contribution in [0.1, 0.15) is 16.8 Å². The Hall–Kier alpha value is -3.06. The van der Waals surface area contributed by atoms with Gasteiger partial charge in [-0.3, -0.25) is 9.78 Å². The molecule has 0 fully saturated rings. The average Bonchev–Trinajstić information content (AvgIpc) is 2.65. The summed E-state index contributed by atoms with van der Waals surface area (Å²) in [5, 5.41) is 12.0. The number of nitrogens with one attached hydrogen (secondary N) is 2. The number of halogens is 1. The molecule has 6 nitrogen and oxygen atoms in total. The van der Waals surface area contributed by atoms with E-state index < -0.39 is 0 Å². The Kier molecular flexibility index (Phi) is 6.05. The molecule has 0 spiro atoms. The number of nitrogens with zero attached hydrogens (tertiary/aromatic N) is 3. The molecule has 0 bridgehead atoms. The first-order chi connectivity index (χ1) is 12.7. The minimum atomic E-state index is -0.291. The van der Waals surface area contributed by atoms with Crippen LogP contribution in [-0.2, 0) is 6.42 Å². The fourth-order valence-electron chi connectivity index (χ4n) is 2.22. The second-order valence-electron chi connectivity index (χ2n) is 5.42. The SMILES string of the molecule is O=c1[nH]c(NN=CC(Br)=Cc2ccccc2)nnc1Cc1ccccc1. The van der Waals surface area contributed by atoms with E-state index in [0.29, 0.717) is 12.1 Å². The number of hydrogen-bond donors (Lipinski definition) is 2. The average molecular weight is 410 g/mol. The van der Waals surface area contributed by atoms with E-state index in [9.17, 15) is 4.79 Å². The van der Waals surface area contributed by atoms with E-state index in [0.717, 1.165) is 15.6 Å². The maximum absolute atomic E-state index is 12.1. The van der Waals surface area contributed by atoms with Gasteiger partial charge < -0.3 is 0 Å². The monoisotopic (exact) mass is 409 g/mol. The standard InChI is InChI=1S/C19H16BrN5O/c20-16(11-14-7-3-1-4-8-14)13-21-24-19-22-18(26)17(23-25-19)12-15-9-5-2-6-10-15/h1-11,13H,12H2,(H2,22,24,25,26). The second-order valence-corrected chi connectivity index (χ2v) is 6.34. The zero-order valence-corrected chi connectivity index (χ0v) is 15.3. The van der Waals surface area contributed by atoms with Crippen LogP contribution in [0.25, 0.3) is 6.08 Å². The molecule has 0 amide bonds. The molecular weight excluding hydrogens is 394 g/mol. The van der Waals surface area contributed by atoms with Crippen molar-refractivity contribution in [2.75, 3.05) is 5.43 Å². The highest BCUT2D eigenvalue weighted by Gasteiger charge is 2.05. The molecule has 0 saturated heterocycles. The summed E-state index contributed by atoms with van der Waals surface area (Å²) >= 11 is 3.42. The molecule has 2 aromatic carbocycles. The predicted molar refractivity (Wildman–Crippen MR) is 107 cm³/mol. The molecule has 2 N–H and O–H groups in total. The predicted octanol–water partition coefficient (Wildman–Crippen LogP) is 3.59. The topological polar surface area (TPSA) is 83.0 Å². The van der Waals surface area contributed by atoms with Gasteiger partial charge in [-0.25, -0.2) is 5.43 Å². The molecule has 1 heterocycles. The van der Waals surface area contributed by atoms with Crippen molar-refractivity contribution in [3.8, 4) is 0 Å². The summed E-state index contributed by atoms with van der Waals surface area (Å²) in [6.45, 7) is 0. The lowest BCUT2D eigenvalue weighted by Crippen LogP contribution is -2.18. The van der Waals surface area contributed by atoms with E-state index in [1.54, 1.807) is 6.21 Å². The van der Waals surface area contributed by atoms with Gasteiger partial charge in [0, 0.05) is 10.9 Å². The zero-order valence-electron chi connectivity index (χ0n) is 13.8. The van der Waals surface area contributed by atoms with E-state index in [1.165, 1.54) is 0 Å². The Morgan fingerprint density at radius 3 is 2.46 bits per heavy atom. The third-order valence-corrected chi connectivity index (χ3v) is 3.88. The number of H-pyrrole nitrogens is 1. The van der Waals surface area contributed by atoms with Crippen LogP contribution >= 0.6 is 15.9 Å². The molecule has 0 atom stereocenters. The number of rotatable bonds is 6. The summed E-state index contributed by atoms with van der Waals surface area (Å²) < 4.78 is 0.771. The van der Waals surface area contributed by atoms with Gasteiger partial charge in [-0.2, -0.15) is 5.10 Å². The third kappa shape index (κ3) is 5.22. The lowest BCUT2D eigenvalue weighted by atomic mass is 10.1. The highest BCUT2D eigenvalue weighted by atomic mass is 79.9. The number of hydrogen-bond acceptors (Lipinski definition) is 5. The van der Waals surface area contributed by atoms with E-state index in [-0.39, 0.29) is 11.5 Å². The number of aromatic amines is 1. The molecule has 0 aliphatic rings. The summed E-state index contributed by atoms with van der Waals surface area (Å²) in [7, 11) is 0. The van der Waals surface area contributed by atoms with E-state index in [1.807, 2.05) is 66.7 Å². The Balaban J connectivity index is 1.63. The first-order valence-electron chi connectivity index (χ1n) is 7.92. The van der Waals surface area contributed by atoms with Gasteiger partial charge in [0.15, 0.2) is 0 Å². The molecule has 3 rings (SSSR count). The lowest BCUT2D eigenvalue weighted by molar-refractivity contribution is 0.866. The Morgan fingerprint density at radius 2 is 1.77 bits per heavy atom. The maximum Gasteiger partial charge on any atom is 0.274 e. The van der Waals surface area contributed by atoms with E-state index in [4.69, 9.17) is 0 Å². The van der Waals surface area contributed by atoms with Gasteiger partial charge in [0.05, 0.1) is 6.21 Å². The minimum Gasteiger partial charge on any atom is -0.288 e. The van der Waals surface area contributed by atoms with Crippen LogP contribution in [0.3, 0.4) is 0 Å². The third-order valence-electron chi connectivity index (χ3n) is 3.44. The van der Waals surface area contributed by atoms with Crippen molar-refractivity contribution in [2.45, 2.75) is 6.42 Å². The Labute approximate surface area is 158 Å². The molecule has 3 aromatic rings. The summed E-state index contributed by atoms with van der Waals surface area (Å²) in [6, 6.07) is 19.5. The van der Waals surface area contributed by atoms with Crippen molar-refractivity contribution in [1.29, 1.82) is 0 Å². The van der Waals surface area contributed by atoms with Gasteiger partial charge in [0.2, 0.25) is 5.95 Å². The number of aromatic nitrogens is 3. The van der Waals surface area contributed by atoms with Crippen LogP contribution in [0.15, 0.2) is 75.0 Å². The first-order valence-corrected chi connectivity index (χ1v) is 8.71. The summed E-state index contributed by atoms with van der Waals surface area (Å²) in [5.41, 5.74) is 4.78. The highest BCUT2D eigenvalue weighted by molar-refractivity contribution is 9.12. The molecule has 0 unspecified atom stereocenters. The van der Waals surface area contributed by atoms with Crippen LogP contribution in [-0.4, -0.2) is 21.4 Å². The Morgan fingerprint density at radius 1 is 1.08 bits per heavy atom. The highest BCUT2D eigenvalue weighted by Crippen LogP contribution is 2.10. The fraction of sp³-hybridized carbons (Fsp3) is 0.0526. The van der Waals surface area contributed by atoms with Gasteiger partial charge in [-0.05, 0) is 33.1 Å². The lowest BCUT2D eigenvalue weighted by Gasteiger charge is -2.01. The molecule has 0 aliphatic carbocycles. The van der Waals surface area contributed by atoms with E-state index in [2.05, 4.69) is 41.6 Å². The van der Waals surface area contributed by atoms with E-state index >= 15 is 0 Å². The normalized spacial score (nSPS) is 11.7. The van der Waals surface area contributed by atoms with Gasteiger partial charge >= 0.3 is 0 Å². The molecule has 0 saturated carbocycles. The molecule has 0 radical (unpaired) electrons. The van der Waals surface area contributed by atoms with Gasteiger partial charge in [0.25, 0.3) is 5.56 Å². The Bertz CT molecular complexity index is 968. The molecule has 1 aromatic heterocycles. The van der Waals surface area contributed by atoms with Crippen molar-refractivity contribution in [3.05, 3.63) is 92.3 Å². The smallest absolute Gasteiger partial charge is 0.274 e. The molecule has 26 heavy (non-hydrogen) atoms. The van der Waals surface area contributed by atoms with Crippen LogP contribution in [0, 0.1) is 0 Å². The minimum absolute atomic E-state index is 0.183. The molecule has 130 valence electrons. The van der Waals surface area contributed by atoms with Crippen molar-refractivity contribution in [3.63, 3.8) is 0 Å². The number of allylic oxidation sites excluding steroid dienone is 1. The number of benzene rings is 2. The van der Waals surface area contributed by atoms with Crippen molar-refractivity contribution in [2.24, 2.45) is 5.10 Å².